The standard InChI is InChI=1S/C23H19Cl2N3O3/c1-15-6-8-16(9-7-15)23(30)28-26-13-17-4-2-3-5-21(17)31-14-22(29)27-18-10-11-19(24)20(25)12-18/h2-13H,14H2,1H3,(H,27,29)(H,28,30). The zero-order chi connectivity index (χ0) is 22.2. The van der Waals surface area contributed by atoms with Crippen LogP contribution in [0, 0.1) is 6.92 Å². The number of hydrogen-bond donors (Lipinski definition) is 2. The Balaban J connectivity index is 1.57. The van der Waals surface area contributed by atoms with E-state index in [4.69, 9.17) is 27.9 Å². The first-order chi connectivity index (χ1) is 14.9. The molecule has 0 heterocycles. The van der Waals surface area contributed by atoms with E-state index in [1.165, 1.54) is 6.21 Å². The maximum atomic E-state index is 12.2. The fourth-order valence-corrected chi connectivity index (χ4v) is 2.86. The molecule has 0 aromatic heterocycles. The molecule has 0 atom stereocenters. The number of hydrazone groups is 1. The Morgan fingerprint density at radius 2 is 1.74 bits per heavy atom. The van der Waals surface area contributed by atoms with E-state index >= 15 is 0 Å². The average molecular weight is 456 g/mol. The van der Waals surface area contributed by atoms with E-state index in [9.17, 15) is 9.59 Å². The minimum absolute atomic E-state index is 0.221. The van der Waals surface area contributed by atoms with Gasteiger partial charge in [-0.1, -0.05) is 53.0 Å². The smallest absolute Gasteiger partial charge is 0.271 e. The zero-order valence-electron chi connectivity index (χ0n) is 16.6. The van der Waals surface area contributed by atoms with Gasteiger partial charge in [0.1, 0.15) is 5.75 Å². The minimum atomic E-state index is -0.363. The number of amides is 2. The molecule has 158 valence electrons. The Bertz CT molecular complexity index is 1120. The van der Waals surface area contributed by atoms with Gasteiger partial charge in [0.05, 0.1) is 16.3 Å². The highest BCUT2D eigenvalue weighted by atomic mass is 35.5. The lowest BCUT2D eigenvalue weighted by Crippen LogP contribution is -2.20. The summed E-state index contributed by atoms with van der Waals surface area (Å²) in [6, 6.07) is 19.0. The highest BCUT2D eigenvalue weighted by molar-refractivity contribution is 6.42. The summed E-state index contributed by atoms with van der Waals surface area (Å²) in [7, 11) is 0. The molecule has 0 aliphatic rings. The minimum Gasteiger partial charge on any atom is -0.483 e. The van der Waals surface area contributed by atoms with E-state index in [1.54, 1.807) is 54.6 Å². The topological polar surface area (TPSA) is 79.8 Å². The number of carbonyl (C=O) groups excluding carboxylic acids is 2. The molecule has 0 saturated heterocycles. The van der Waals surface area contributed by atoms with Crippen LogP contribution in [0.25, 0.3) is 0 Å². The van der Waals surface area contributed by atoms with Crippen molar-refractivity contribution in [3.63, 3.8) is 0 Å². The fourth-order valence-electron chi connectivity index (χ4n) is 2.56. The van der Waals surface area contributed by atoms with E-state index in [0.717, 1.165) is 5.56 Å². The number of benzene rings is 3. The molecule has 0 unspecified atom stereocenters. The quantitative estimate of drug-likeness (QED) is 0.384. The van der Waals surface area contributed by atoms with E-state index in [2.05, 4.69) is 15.8 Å². The van der Waals surface area contributed by atoms with E-state index in [-0.39, 0.29) is 18.4 Å². The van der Waals surface area contributed by atoms with E-state index in [1.807, 2.05) is 19.1 Å². The molecule has 3 aromatic carbocycles. The van der Waals surface area contributed by atoms with Crippen LogP contribution in [0.3, 0.4) is 0 Å². The average Bonchev–Trinajstić information content (AvgIpc) is 2.76. The van der Waals surface area contributed by atoms with Crippen molar-refractivity contribution in [2.75, 3.05) is 11.9 Å². The largest absolute Gasteiger partial charge is 0.483 e. The van der Waals surface area contributed by atoms with Crippen molar-refractivity contribution in [3.8, 4) is 5.75 Å². The summed E-state index contributed by atoms with van der Waals surface area (Å²) in [5, 5.41) is 7.41. The van der Waals surface area contributed by atoms with Crippen molar-refractivity contribution in [3.05, 3.63) is 93.5 Å². The zero-order valence-corrected chi connectivity index (χ0v) is 18.1. The van der Waals surface area contributed by atoms with Gasteiger partial charge in [-0.3, -0.25) is 9.59 Å². The molecule has 0 spiro atoms. The molecular formula is C23H19Cl2N3O3. The van der Waals surface area contributed by atoms with Gasteiger partial charge in [-0.05, 0) is 49.4 Å². The lowest BCUT2D eigenvalue weighted by Gasteiger charge is -2.10. The first-order valence-electron chi connectivity index (χ1n) is 9.29. The molecule has 2 N–H and O–H groups in total. The summed E-state index contributed by atoms with van der Waals surface area (Å²) in [5.41, 5.74) is 5.16. The van der Waals surface area contributed by atoms with Crippen molar-refractivity contribution in [1.82, 2.24) is 5.43 Å². The number of nitrogens with one attached hydrogen (secondary N) is 2. The van der Waals surface area contributed by atoms with Gasteiger partial charge >= 0.3 is 0 Å². The van der Waals surface area contributed by atoms with Gasteiger partial charge in [-0.15, -0.1) is 0 Å². The van der Waals surface area contributed by atoms with Crippen LogP contribution in [0.5, 0.6) is 5.75 Å². The lowest BCUT2D eigenvalue weighted by molar-refractivity contribution is -0.118. The second-order valence-corrected chi connectivity index (χ2v) is 7.38. The summed E-state index contributed by atoms with van der Waals surface area (Å²) in [6.07, 6.45) is 1.46. The molecular weight excluding hydrogens is 437 g/mol. The molecule has 8 heteroatoms. The van der Waals surface area contributed by atoms with E-state index in [0.29, 0.717) is 32.6 Å². The van der Waals surface area contributed by atoms with Crippen LogP contribution in [0.1, 0.15) is 21.5 Å². The van der Waals surface area contributed by atoms with Gasteiger partial charge in [0.15, 0.2) is 6.61 Å². The molecule has 3 rings (SSSR count). The first-order valence-corrected chi connectivity index (χ1v) is 10.0. The van der Waals surface area contributed by atoms with Crippen LogP contribution in [-0.2, 0) is 4.79 Å². The molecule has 0 bridgehead atoms. The van der Waals surface area contributed by atoms with Gasteiger partial charge < -0.3 is 10.1 Å². The first kappa shape index (κ1) is 22.3. The number of carbonyl (C=O) groups is 2. The van der Waals surface area contributed by atoms with Crippen LogP contribution >= 0.6 is 23.2 Å². The number of rotatable bonds is 7. The SMILES string of the molecule is Cc1ccc(C(=O)NN=Cc2ccccc2OCC(=O)Nc2ccc(Cl)c(Cl)c2)cc1. The van der Waals surface area contributed by atoms with Gasteiger partial charge in [0.25, 0.3) is 11.8 Å². The van der Waals surface area contributed by atoms with Crippen LogP contribution in [-0.4, -0.2) is 24.6 Å². The van der Waals surface area contributed by atoms with Gasteiger partial charge in [0.2, 0.25) is 0 Å². The molecule has 0 fully saturated rings. The van der Waals surface area contributed by atoms with E-state index < -0.39 is 0 Å². The van der Waals surface area contributed by atoms with Crippen LogP contribution in [0.2, 0.25) is 10.0 Å². The van der Waals surface area contributed by atoms with Crippen molar-refractivity contribution in [2.45, 2.75) is 6.92 Å². The Kier molecular flexibility index (Phi) is 7.65. The summed E-state index contributed by atoms with van der Waals surface area (Å²) < 4.78 is 5.61. The fraction of sp³-hybridized carbons (Fsp3) is 0.0870. The molecule has 6 nitrogen and oxygen atoms in total. The maximum Gasteiger partial charge on any atom is 0.271 e. The van der Waals surface area contributed by atoms with Crippen LogP contribution in [0.4, 0.5) is 5.69 Å². The normalized spacial score (nSPS) is 10.7. The third-order valence-corrected chi connectivity index (χ3v) is 4.90. The molecule has 3 aromatic rings. The highest BCUT2D eigenvalue weighted by Crippen LogP contribution is 2.25. The lowest BCUT2D eigenvalue weighted by atomic mass is 10.1. The molecule has 0 radical (unpaired) electrons. The number of hydrogen-bond acceptors (Lipinski definition) is 4. The van der Waals surface area contributed by atoms with Gasteiger partial charge in [-0.2, -0.15) is 5.10 Å². The number of ether oxygens (including phenoxy) is 1. The van der Waals surface area contributed by atoms with Crippen LogP contribution < -0.4 is 15.5 Å². The van der Waals surface area contributed by atoms with Crippen molar-refractivity contribution in [1.29, 1.82) is 0 Å². The predicted octanol–water partition coefficient (Wildman–Crippen LogP) is 5.08. The molecule has 31 heavy (non-hydrogen) atoms. The van der Waals surface area contributed by atoms with Gasteiger partial charge in [0, 0.05) is 16.8 Å². The number of anilines is 1. The van der Waals surface area contributed by atoms with Crippen molar-refractivity contribution >= 4 is 46.9 Å². The molecule has 2 amide bonds. The summed E-state index contributed by atoms with van der Waals surface area (Å²) >= 11 is 11.8. The number of nitrogens with zero attached hydrogens (tertiary/aromatic N) is 1. The second kappa shape index (κ2) is 10.6. The highest BCUT2D eigenvalue weighted by Gasteiger charge is 2.08. The number of aryl methyl sites for hydroxylation is 1. The predicted molar refractivity (Wildman–Crippen MR) is 123 cm³/mol. The molecule has 0 saturated carbocycles. The molecule has 0 aliphatic heterocycles. The van der Waals surface area contributed by atoms with Crippen molar-refractivity contribution < 1.29 is 14.3 Å². The maximum absolute atomic E-state index is 12.2. The Hall–Kier alpha value is -3.35. The monoisotopic (exact) mass is 455 g/mol. The Labute approximate surface area is 189 Å². The summed E-state index contributed by atoms with van der Waals surface area (Å²) in [6.45, 7) is 1.72. The number of halogens is 2. The third kappa shape index (κ3) is 6.57. The molecule has 0 aliphatic carbocycles. The second-order valence-electron chi connectivity index (χ2n) is 6.57. The Morgan fingerprint density at radius 3 is 2.48 bits per heavy atom. The van der Waals surface area contributed by atoms with Crippen LogP contribution in [0.15, 0.2) is 71.8 Å². The summed E-state index contributed by atoms with van der Waals surface area (Å²) in [4.78, 5) is 24.3. The number of para-hydroxylation sites is 1. The summed E-state index contributed by atoms with van der Waals surface area (Å²) in [5.74, 6) is -0.242. The van der Waals surface area contributed by atoms with Crippen molar-refractivity contribution in [2.24, 2.45) is 5.10 Å². The Morgan fingerprint density at radius 1 is 1.00 bits per heavy atom. The third-order valence-electron chi connectivity index (χ3n) is 4.16. The van der Waals surface area contributed by atoms with Gasteiger partial charge in [-0.25, -0.2) is 5.43 Å².